The van der Waals surface area contributed by atoms with Gasteiger partial charge in [0.1, 0.15) is 0 Å². The zero-order valence-electron chi connectivity index (χ0n) is 18.5. The molecule has 0 radical (unpaired) electrons. The van der Waals surface area contributed by atoms with Crippen molar-refractivity contribution in [2.75, 3.05) is 19.6 Å². The third kappa shape index (κ3) is 4.45. The number of benzene rings is 2. The van der Waals surface area contributed by atoms with Crippen molar-refractivity contribution in [3.63, 3.8) is 0 Å². The van der Waals surface area contributed by atoms with E-state index in [2.05, 4.69) is 56.1 Å². The second kappa shape index (κ2) is 9.46. The van der Waals surface area contributed by atoms with Crippen molar-refractivity contribution >= 4 is 17.7 Å². The summed E-state index contributed by atoms with van der Waals surface area (Å²) in [6, 6.07) is 18.7. The van der Waals surface area contributed by atoms with Crippen LogP contribution in [0.5, 0.6) is 0 Å². The van der Waals surface area contributed by atoms with E-state index in [1.807, 2.05) is 30.0 Å². The highest BCUT2D eigenvalue weighted by Crippen LogP contribution is 2.29. The van der Waals surface area contributed by atoms with Crippen LogP contribution in [-0.2, 0) is 24.3 Å². The van der Waals surface area contributed by atoms with Crippen LogP contribution in [0.2, 0.25) is 0 Å². The van der Waals surface area contributed by atoms with Gasteiger partial charge in [-0.1, -0.05) is 54.2 Å². The lowest BCUT2D eigenvalue weighted by atomic mass is 10.00. The zero-order valence-corrected chi connectivity index (χ0v) is 19.3. The molecule has 2 aliphatic heterocycles. The summed E-state index contributed by atoms with van der Waals surface area (Å²) in [4.78, 5) is 17.7. The Labute approximate surface area is 193 Å². The average Bonchev–Trinajstić information content (AvgIpc) is 3.49. The minimum Gasteiger partial charge on any atom is -0.337 e. The molecular weight excluding hydrogens is 418 g/mol. The van der Waals surface area contributed by atoms with E-state index in [4.69, 9.17) is 0 Å². The Balaban J connectivity index is 1.35. The molecule has 1 atom stereocenters. The minimum atomic E-state index is -0.230. The number of fused-ring (bicyclic) bond motifs is 1. The molecule has 5 rings (SSSR count). The molecule has 0 spiro atoms. The number of thioether (sulfide) groups is 1. The number of amides is 1. The van der Waals surface area contributed by atoms with E-state index < -0.39 is 0 Å². The quantitative estimate of drug-likeness (QED) is 0.536. The largest absolute Gasteiger partial charge is 0.337 e. The van der Waals surface area contributed by atoms with Crippen LogP contribution in [0.25, 0.3) is 5.69 Å². The highest BCUT2D eigenvalue weighted by atomic mass is 32.2. The summed E-state index contributed by atoms with van der Waals surface area (Å²) in [5.74, 6) is 1.10. The fourth-order valence-electron chi connectivity index (χ4n) is 4.61. The van der Waals surface area contributed by atoms with Gasteiger partial charge in [-0.2, -0.15) is 0 Å². The van der Waals surface area contributed by atoms with Crippen LogP contribution in [0, 0.1) is 0 Å². The number of rotatable bonds is 6. The summed E-state index contributed by atoms with van der Waals surface area (Å²) in [6.45, 7) is 6.44. The van der Waals surface area contributed by atoms with E-state index in [1.54, 1.807) is 0 Å². The first-order valence-electron chi connectivity index (χ1n) is 11.4. The fraction of sp³-hybridized carbons (Fsp3) is 0.400. The van der Waals surface area contributed by atoms with Crippen LogP contribution >= 0.6 is 11.8 Å². The Kier molecular flexibility index (Phi) is 6.28. The number of carbonyl (C=O) groups excluding carboxylic acids is 1. The molecule has 2 aromatic carbocycles. The normalized spacial score (nSPS) is 17.3. The van der Waals surface area contributed by atoms with Gasteiger partial charge >= 0.3 is 0 Å². The Hall–Kier alpha value is -2.64. The molecule has 0 aliphatic carbocycles. The Morgan fingerprint density at radius 2 is 1.69 bits per heavy atom. The molecule has 0 bridgehead atoms. The molecule has 1 fully saturated rings. The maximum Gasteiger partial charge on any atom is 0.236 e. The number of para-hydroxylation sites is 1. The molecule has 166 valence electrons. The van der Waals surface area contributed by atoms with Crippen LogP contribution in [0.3, 0.4) is 0 Å². The van der Waals surface area contributed by atoms with Crippen molar-refractivity contribution < 1.29 is 4.79 Å². The molecule has 0 saturated carbocycles. The van der Waals surface area contributed by atoms with Crippen LogP contribution in [-0.4, -0.2) is 55.4 Å². The molecule has 1 aromatic heterocycles. The summed E-state index contributed by atoms with van der Waals surface area (Å²) in [5.41, 5.74) is 3.65. The van der Waals surface area contributed by atoms with E-state index in [0.29, 0.717) is 6.54 Å². The van der Waals surface area contributed by atoms with Gasteiger partial charge in [0.15, 0.2) is 11.0 Å². The van der Waals surface area contributed by atoms with Gasteiger partial charge in [0.05, 0.1) is 11.8 Å². The van der Waals surface area contributed by atoms with Gasteiger partial charge in [0.2, 0.25) is 5.91 Å². The van der Waals surface area contributed by atoms with Gasteiger partial charge in [-0.3, -0.25) is 14.3 Å². The Morgan fingerprint density at radius 3 is 2.47 bits per heavy atom. The summed E-state index contributed by atoms with van der Waals surface area (Å²) >= 11 is 1.51. The minimum absolute atomic E-state index is 0.160. The highest BCUT2D eigenvalue weighted by Gasteiger charge is 2.28. The average molecular weight is 448 g/mol. The molecule has 6 nitrogen and oxygen atoms in total. The van der Waals surface area contributed by atoms with Gasteiger partial charge < -0.3 is 4.90 Å². The first kappa shape index (κ1) is 21.2. The first-order valence-corrected chi connectivity index (χ1v) is 12.3. The molecule has 2 aliphatic rings. The molecule has 1 unspecified atom stereocenters. The number of hydrogen-bond acceptors (Lipinski definition) is 5. The summed E-state index contributed by atoms with van der Waals surface area (Å²) in [5, 5.41) is 9.60. The molecular formula is C25H29N5OS. The number of nitrogens with zero attached hydrogens (tertiary/aromatic N) is 5. The standard InChI is InChI=1S/C25H29N5OS/c1-19(24(31)29-16-13-20-9-5-6-10-21(20)17-29)32-25-27-26-23(18-28-14-7-8-15-28)30(25)22-11-3-2-4-12-22/h2-6,9-12,19H,7-8,13-18H2,1H3. The van der Waals surface area contributed by atoms with Crippen LogP contribution in [0.4, 0.5) is 0 Å². The molecule has 3 aromatic rings. The topological polar surface area (TPSA) is 54.3 Å². The van der Waals surface area contributed by atoms with Crippen molar-refractivity contribution in [2.45, 2.75) is 49.7 Å². The van der Waals surface area contributed by atoms with Crippen molar-refractivity contribution in [3.05, 3.63) is 71.5 Å². The predicted molar refractivity (Wildman–Crippen MR) is 127 cm³/mol. The van der Waals surface area contributed by atoms with Gasteiger partial charge in [-0.05, 0) is 62.5 Å². The number of carbonyl (C=O) groups is 1. The summed E-state index contributed by atoms with van der Waals surface area (Å²) in [6.07, 6.45) is 3.40. The Morgan fingerprint density at radius 1 is 0.969 bits per heavy atom. The second-order valence-electron chi connectivity index (χ2n) is 8.59. The molecule has 3 heterocycles. The Bertz CT molecular complexity index is 1080. The van der Waals surface area contributed by atoms with Gasteiger partial charge in [-0.15, -0.1) is 10.2 Å². The van der Waals surface area contributed by atoms with Crippen LogP contribution < -0.4 is 0 Å². The van der Waals surface area contributed by atoms with Crippen molar-refractivity contribution in [1.82, 2.24) is 24.6 Å². The monoisotopic (exact) mass is 447 g/mol. The number of aromatic nitrogens is 3. The van der Waals surface area contributed by atoms with E-state index >= 15 is 0 Å². The second-order valence-corrected chi connectivity index (χ2v) is 9.90. The van der Waals surface area contributed by atoms with Crippen molar-refractivity contribution in [3.8, 4) is 5.69 Å². The summed E-state index contributed by atoms with van der Waals surface area (Å²) < 4.78 is 2.12. The van der Waals surface area contributed by atoms with Gasteiger partial charge in [0.25, 0.3) is 0 Å². The number of likely N-dealkylation sites (tertiary alicyclic amines) is 1. The fourth-order valence-corrected chi connectivity index (χ4v) is 5.58. The molecule has 1 amide bonds. The van der Waals surface area contributed by atoms with Crippen LogP contribution in [0.1, 0.15) is 36.7 Å². The lowest BCUT2D eigenvalue weighted by Gasteiger charge is -2.30. The van der Waals surface area contributed by atoms with E-state index in [1.165, 1.54) is 35.7 Å². The maximum atomic E-state index is 13.3. The molecule has 7 heteroatoms. The van der Waals surface area contributed by atoms with Crippen molar-refractivity contribution in [1.29, 1.82) is 0 Å². The van der Waals surface area contributed by atoms with E-state index in [0.717, 1.165) is 49.3 Å². The lowest BCUT2D eigenvalue weighted by molar-refractivity contribution is -0.131. The predicted octanol–water partition coefficient (Wildman–Crippen LogP) is 3.93. The SMILES string of the molecule is CC(Sc1nnc(CN2CCCC2)n1-c1ccccc1)C(=O)N1CCc2ccccc2C1. The summed E-state index contributed by atoms with van der Waals surface area (Å²) in [7, 11) is 0. The molecule has 32 heavy (non-hydrogen) atoms. The third-order valence-corrected chi connectivity index (χ3v) is 7.38. The first-order chi connectivity index (χ1) is 15.7. The van der Waals surface area contributed by atoms with Gasteiger partial charge in [0, 0.05) is 18.8 Å². The van der Waals surface area contributed by atoms with Crippen molar-refractivity contribution in [2.24, 2.45) is 0 Å². The maximum absolute atomic E-state index is 13.3. The highest BCUT2D eigenvalue weighted by molar-refractivity contribution is 8.00. The lowest BCUT2D eigenvalue weighted by Crippen LogP contribution is -2.40. The zero-order chi connectivity index (χ0) is 21.9. The van der Waals surface area contributed by atoms with E-state index in [9.17, 15) is 4.79 Å². The van der Waals surface area contributed by atoms with Crippen LogP contribution in [0.15, 0.2) is 59.8 Å². The smallest absolute Gasteiger partial charge is 0.236 e. The van der Waals surface area contributed by atoms with Gasteiger partial charge in [-0.25, -0.2) is 0 Å². The number of hydrogen-bond donors (Lipinski definition) is 0. The van der Waals surface area contributed by atoms with E-state index in [-0.39, 0.29) is 11.2 Å². The molecule has 0 N–H and O–H groups in total. The third-order valence-electron chi connectivity index (χ3n) is 6.35. The molecule has 1 saturated heterocycles.